The molecule has 3 rings (SSSR count). The molecule has 4 heteroatoms. The molecule has 0 aliphatic heterocycles. The number of Topliss-reactive ketones (excluding diaryl/α,β-unsaturated/α-hetero) is 1. The van der Waals surface area contributed by atoms with Crippen LogP contribution in [0.3, 0.4) is 0 Å². The van der Waals surface area contributed by atoms with E-state index in [0.29, 0.717) is 12.8 Å². The number of rotatable bonds is 4. The Morgan fingerprint density at radius 2 is 1.81 bits per heavy atom. The second-order valence-corrected chi connectivity index (χ2v) is 6.64. The number of fused-ring (bicyclic) bond motifs is 1. The summed E-state index contributed by atoms with van der Waals surface area (Å²) in [5, 5.41) is 1.08. The highest BCUT2D eigenvalue weighted by molar-refractivity contribution is 9.10. The van der Waals surface area contributed by atoms with Crippen molar-refractivity contribution >= 4 is 43.1 Å². The normalized spacial score (nSPS) is 11.0. The lowest BCUT2D eigenvalue weighted by Crippen LogP contribution is -1.99. The van der Waals surface area contributed by atoms with Crippen LogP contribution in [0.5, 0.6) is 0 Å². The van der Waals surface area contributed by atoms with Crippen molar-refractivity contribution in [1.29, 1.82) is 0 Å². The fourth-order valence-corrected chi connectivity index (χ4v) is 4.22. The highest BCUT2D eigenvalue weighted by atomic mass is 79.9. The second-order valence-electron chi connectivity index (χ2n) is 4.79. The number of hydrogen-bond donors (Lipinski definition) is 0. The fourth-order valence-electron chi connectivity index (χ4n) is 2.22. The van der Waals surface area contributed by atoms with Crippen LogP contribution in [0.4, 0.5) is 4.39 Å². The summed E-state index contributed by atoms with van der Waals surface area (Å²) in [6, 6.07) is 14.3. The predicted octanol–water partition coefficient (Wildman–Crippen LogP) is 5.62. The molecule has 0 bridgehead atoms. The molecular formula is C17H12BrFOS. The maximum Gasteiger partial charge on any atom is 0.174 e. The van der Waals surface area contributed by atoms with Gasteiger partial charge in [-0.05, 0) is 46.1 Å². The van der Waals surface area contributed by atoms with Crippen molar-refractivity contribution in [3.63, 3.8) is 0 Å². The average molecular weight is 363 g/mol. The van der Waals surface area contributed by atoms with Gasteiger partial charge in [-0.25, -0.2) is 4.39 Å². The number of halogens is 2. The molecule has 0 saturated carbocycles. The lowest BCUT2D eigenvalue weighted by molar-refractivity contribution is 0.0986. The van der Waals surface area contributed by atoms with E-state index in [1.165, 1.54) is 23.5 Å². The maximum absolute atomic E-state index is 12.9. The van der Waals surface area contributed by atoms with Crippen molar-refractivity contribution in [1.82, 2.24) is 0 Å². The van der Waals surface area contributed by atoms with Crippen LogP contribution in [0, 0.1) is 5.82 Å². The van der Waals surface area contributed by atoms with E-state index in [0.717, 1.165) is 25.0 Å². The third-order valence-corrected chi connectivity index (χ3v) is 5.64. The lowest BCUT2D eigenvalue weighted by Gasteiger charge is -2.01. The highest BCUT2D eigenvalue weighted by Gasteiger charge is 2.16. The van der Waals surface area contributed by atoms with Gasteiger partial charge in [-0.3, -0.25) is 4.79 Å². The minimum Gasteiger partial charge on any atom is -0.293 e. The lowest BCUT2D eigenvalue weighted by atomic mass is 10.1. The van der Waals surface area contributed by atoms with Crippen LogP contribution in [0.2, 0.25) is 0 Å². The van der Waals surface area contributed by atoms with Crippen molar-refractivity contribution < 1.29 is 9.18 Å². The molecule has 0 aliphatic carbocycles. The predicted molar refractivity (Wildman–Crippen MR) is 88.6 cm³/mol. The van der Waals surface area contributed by atoms with Gasteiger partial charge in [0.05, 0.1) is 4.88 Å². The van der Waals surface area contributed by atoms with E-state index in [2.05, 4.69) is 15.9 Å². The van der Waals surface area contributed by atoms with E-state index in [1.807, 2.05) is 24.3 Å². The summed E-state index contributed by atoms with van der Waals surface area (Å²) in [6.45, 7) is 0. The zero-order valence-corrected chi connectivity index (χ0v) is 13.5. The Balaban J connectivity index is 1.78. The summed E-state index contributed by atoms with van der Waals surface area (Å²) in [6.07, 6.45) is 1.05. The van der Waals surface area contributed by atoms with Gasteiger partial charge in [-0.15, -0.1) is 11.3 Å². The van der Waals surface area contributed by atoms with Crippen LogP contribution in [0.25, 0.3) is 10.1 Å². The molecule has 1 heterocycles. The minimum atomic E-state index is -0.252. The number of hydrogen-bond acceptors (Lipinski definition) is 2. The van der Waals surface area contributed by atoms with Crippen LogP contribution in [-0.2, 0) is 6.42 Å². The summed E-state index contributed by atoms with van der Waals surface area (Å²) in [5.74, 6) is -0.135. The van der Waals surface area contributed by atoms with E-state index < -0.39 is 0 Å². The Bertz CT molecular complexity index is 792. The van der Waals surface area contributed by atoms with Gasteiger partial charge < -0.3 is 0 Å². The van der Waals surface area contributed by atoms with Crippen LogP contribution in [0.1, 0.15) is 21.7 Å². The SMILES string of the molecule is O=C(CCc1ccc(F)cc1)c1sc2ccccc2c1Br. The maximum atomic E-state index is 12.9. The van der Waals surface area contributed by atoms with Gasteiger partial charge >= 0.3 is 0 Å². The van der Waals surface area contributed by atoms with E-state index >= 15 is 0 Å². The number of ketones is 1. The van der Waals surface area contributed by atoms with Crippen molar-refractivity contribution in [2.75, 3.05) is 0 Å². The highest BCUT2D eigenvalue weighted by Crippen LogP contribution is 2.36. The standard InChI is InChI=1S/C17H12BrFOS/c18-16-13-3-1-2-4-15(13)21-17(16)14(20)10-7-11-5-8-12(19)9-6-11/h1-6,8-9H,7,10H2. The van der Waals surface area contributed by atoms with Gasteiger partial charge in [-0.1, -0.05) is 30.3 Å². The van der Waals surface area contributed by atoms with E-state index in [9.17, 15) is 9.18 Å². The quantitative estimate of drug-likeness (QED) is 0.550. The molecule has 0 atom stereocenters. The molecule has 106 valence electrons. The summed E-state index contributed by atoms with van der Waals surface area (Å²) in [7, 11) is 0. The first-order chi connectivity index (χ1) is 10.1. The molecule has 0 N–H and O–H groups in total. The number of thiophene rings is 1. The van der Waals surface area contributed by atoms with Crippen LogP contribution in [0.15, 0.2) is 53.0 Å². The summed E-state index contributed by atoms with van der Waals surface area (Å²) >= 11 is 5.04. The molecule has 2 aromatic carbocycles. The Labute approximate surface area is 134 Å². The van der Waals surface area contributed by atoms with Crippen LogP contribution in [-0.4, -0.2) is 5.78 Å². The van der Waals surface area contributed by atoms with Crippen LogP contribution >= 0.6 is 27.3 Å². The third kappa shape index (κ3) is 3.06. The van der Waals surface area contributed by atoms with Crippen molar-refractivity contribution in [3.8, 4) is 0 Å². The molecule has 1 nitrogen and oxygen atoms in total. The van der Waals surface area contributed by atoms with Gasteiger partial charge in [0, 0.05) is 21.0 Å². The van der Waals surface area contributed by atoms with Gasteiger partial charge in [-0.2, -0.15) is 0 Å². The molecule has 0 radical (unpaired) electrons. The number of carbonyl (C=O) groups is 1. The molecule has 21 heavy (non-hydrogen) atoms. The smallest absolute Gasteiger partial charge is 0.174 e. The molecule has 0 saturated heterocycles. The Hall–Kier alpha value is -1.52. The summed E-state index contributed by atoms with van der Waals surface area (Å²) < 4.78 is 14.8. The van der Waals surface area contributed by atoms with Gasteiger partial charge in [0.2, 0.25) is 0 Å². The summed E-state index contributed by atoms with van der Waals surface area (Å²) in [4.78, 5) is 13.1. The molecule has 1 aromatic heterocycles. The van der Waals surface area contributed by atoms with Gasteiger partial charge in [0.1, 0.15) is 5.82 Å². The van der Waals surface area contributed by atoms with Crippen molar-refractivity contribution in [3.05, 3.63) is 69.3 Å². The Morgan fingerprint density at radius 3 is 2.52 bits per heavy atom. The zero-order chi connectivity index (χ0) is 14.8. The van der Waals surface area contributed by atoms with Crippen molar-refractivity contribution in [2.45, 2.75) is 12.8 Å². The first kappa shape index (κ1) is 14.4. The largest absolute Gasteiger partial charge is 0.293 e. The molecular weight excluding hydrogens is 351 g/mol. The molecule has 0 amide bonds. The third-order valence-electron chi connectivity index (χ3n) is 3.34. The topological polar surface area (TPSA) is 17.1 Å². The molecule has 0 aliphatic rings. The van der Waals surface area contributed by atoms with Gasteiger partial charge in [0.15, 0.2) is 5.78 Å². The number of carbonyl (C=O) groups excluding carboxylic acids is 1. The number of aryl methyl sites for hydroxylation is 1. The van der Waals surface area contributed by atoms with E-state index in [-0.39, 0.29) is 11.6 Å². The van der Waals surface area contributed by atoms with Crippen LogP contribution < -0.4 is 0 Å². The van der Waals surface area contributed by atoms with E-state index in [4.69, 9.17) is 0 Å². The second kappa shape index (κ2) is 6.08. The van der Waals surface area contributed by atoms with Gasteiger partial charge in [0.25, 0.3) is 0 Å². The van der Waals surface area contributed by atoms with Crippen molar-refractivity contribution in [2.24, 2.45) is 0 Å². The zero-order valence-electron chi connectivity index (χ0n) is 11.1. The molecule has 0 fully saturated rings. The average Bonchev–Trinajstić information content (AvgIpc) is 2.84. The Morgan fingerprint density at radius 1 is 1.10 bits per heavy atom. The van der Waals surface area contributed by atoms with E-state index in [1.54, 1.807) is 12.1 Å². The summed E-state index contributed by atoms with van der Waals surface area (Å²) in [5.41, 5.74) is 0.974. The number of benzene rings is 2. The molecule has 0 spiro atoms. The first-order valence-corrected chi connectivity index (χ1v) is 8.21. The minimum absolute atomic E-state index is 0.118. The fraction of sp³-hybridized carbons (Fsp3) is 0.118. The Kier molecular flexibility index (Phi) is 4.17. The molecule has 0 unspecified atom stereocenters. The monoisotopic (exact) mass is 362 g/mol. The first-order valence-electron chi connectivity index (χ1n) is 6.60. The molecule has 3 aromatic rings.